The topological polar surface area (TPSA) is 61.9 Å². The number of hydrogen-bond acceptors (Lipinski definition) is 4. The van der Waals surface area contributed by atoms with Crippen molar-refractivity contribution in [2.24, 2.45) is 0 Å². The largest absolute Gasteiger partial charge is 0.364 e. The predicted octanol–water partition coefficient (Wildman–Crippen LogP) is 1.84. The van der Waals surface area contributed by atoms with Crippen molar-refractivity contribution >= 4 is 0 Å². The van der Waals surface area contributed by atoms with Crippen LogP contribution in [0.25, 0.3) is 0 Å². The molecule has 0 unspecified atom stereocenters. The summed E-state index contributed by atoms with van der Waals surface area (Å²) in [6, 6.07) is 9.66. The van der Waals surface area contributed by atoms with Crippen LogP contribution in [0.15, 0.2) is 41.2 Å². The van der Waals surface area contributed by atoms with E-state index >= 15 is 0 Å². The molecule has 0 saturated carbocycles. The summed E-state index contributed by atoms with van der Waals surface area (Å²) in [5.74, 6) is 0. The minimum atomic E-state index is 0.685. The molecule has 16 heavy (non-hydrogen) atoms. The van der Waals surface area contributed by atoms with Crippen LogP contribution in [0, 0.1) is 11.3 Å². The number of rotatable bonds is 4. The zero-order valence-electron chi connectivity index (χ0n) is 8.68. The highest BCUT2D eigenvalue weighted by molar-refractivity contribution is 5.32. The molecule has 4 nitrogen and oxygen atoms in total. The zero-order chi connectivity index (χ0) is 11.2. The van der Waals surface area contributed by atoms with Crippen molar-refractivity contribution in [1.29, 1.82) is 5.26 Å². The number of nitrogens with zero attached hydrogens (tertiary/aromatic N) is 2. The summed E-state index contributed by atoms with van der Waals surface area (Å²) in [5.41, 5.74) is 2.79. The first kappa shape index (κ1) is 10.4. The van der Waals surface area contributed by atoms with Crippen LogP contribution < -0.4 is 5.32 Å². The highest BCUT2D eigenvalue weighted by Gasteiger charge is 1.97. The van der Waals surface area contributed by atoms with Gasteiger partial charge in [0.15, 0.2) is 0 Å². The van der Waals surface area contributed by atoms with E-state index in [0.717, 1.165) is 17.7 Å². The van der Waals surface area contributed by atoms with E-state index in [1.165, 1.54) is 0 Å². The minimum absolute atomic E-state index is 0.685. The first-order valence-electron chi connectivity index (χ1n) is 4.96. The fourth-order valence-electron chi connectivity index (χ4n) is 1.42. The second-order valence-corrected chi connectivity index (χ2v) is 3.45. The maximum atomic E-state index is 8.75. The van der Waals surface area contributed by atoms with Crippen molar-refractivity contribution in [2.45, 2.75) is 13.1 Å². The number of hydrogen-bond donors (Lipinski definition) is 1. The van der Waals surface area contributed by atoms with Crippen molar-refractivity contribution in [3.63, 3.8) is 0 Å². The van der Waals surface area contributed by atoms with Gasteiger partial charge in [-0.3, -0.25) is 0 Å². The molecule has 0 spiro atoms. The smallest absolute Gasteiger partial charge is 0.128 e. The van der Waals surface area contributed by atoms with E-state index in [1.807, 2.05) is 18.2 Å². The van der Waals surface area contributed by atoms with E-state index in [1.54, 1.807) is 18.5 Å². The first-order chi connectivity index (χ1) is 7.88. The van der Waals surface area contributed by atoms with Crippen molar-refractivity contribution in [3.05, 3.63) is 53.4 Å². The summed E-state index contributed by atoms with van der Waals surface area (Å²) >= 11 is 0. The average molecular weight is 213 g/mol. The lowest BCUT2D eigenvalue weighted by atomic mass is 10.1. The predicted molar refractivity (Wildman–Crippen MR) is 58.2 cm³/mol. The molecule has 0 atom stereocenters. The van der Waals surface area contributed by atoms with E-state index in [9.17, 15) is 0 Å². The van der Waals surface area contributed by atoms with Crippen molar-refractivity contribution in [3.8, 4) is 6.07 Å². The second kappa shape index (κ2) is 5.10. The maximum Gasteiger partial charge on any atom is 0.128 e. The summed E-state index contributed by atoms with van der Waals surface area (Å²) in [6.45, 7) is 1.43. The monoisotopic (exact) mass is 213 g/mol. The molecule has 0 radical (unpaired) electrons. The molecule has 4 heteroatoms. The standard InChI is InChI=1S/C12H11N3O/c13-5-10-2-1-3-11(4-10)6-14-7-12-8-15-16-9-12/h1-4,8-9,14H,6-7H2. The van der Waals surface area contributed by atoms with Crippen LogP contribution in [0.1, 0.15) is 16.7 Å². The highest BCUT2D eigenvalue weighted by atomic mass is 16.5. The van der Waals surface area contributed by atoms with Gasteiger partial charge in [-0.25, -0.2) is 0 Å². The van der Waals surface area contributed by atoms with Crippen LogP contribution in [0.2, 0.25) is 0 Å². The summed E-state index contributed by atoms with van der Waals surface area (Å²) in [7, 11) is 0. The highest BCUT2D eigenvalue weighted by Crippen LogP contribution is 2.04. The summed E-state index contributed by atoms with van der Waals surface area (Å²) in [4.78, 5) is 0. The maximum absolute atomic E-state index is 8.75. The van der Waals surface area contributed by atoms with E-state index in [4.69, 9.17) is 9.78 Å². The molecule has 80 valence electrons. The molecule has 1 N–H and O–H groups in total. The Balaban J connectivity index is 1.88. The summed E-state index contributed by atoms with van der Waals surface area (Å²) < 4.78 is 4.72. The van der Waals surface area contributed by atoms with E-state index in [0.29, 0.717) is 12.1 Å². The summed E-state index contributed by atoms with van der Waals surface area (Å²) in [5, 5.41) is 15.6. The van der Waals surface area contributed by atoms with Gasteiger partial charge in [-0.05, 0) is 17.7 Å². The molecule has 0 amide bonds. The van der Waals surface area contributed by atoms with Gasteiger partial charge in [0.25, 0.3) is 0 Å². The van der Waals surface area contributed by atoms with Gasteiger partial charge in [-0.2, -0.15) is 5.26 Å². The SMILES string of the molecule is N#Cc1cccc(CNCc2cnoc2)c1. The van der Waals surface area contributed by atoms with Gasteiger partial charge < -0.3 is 9.84 Å². The molecule has 0 aliphatic carbocycles. The van der Waals surface area contributed by atoms with Crippen molar-refractivity contribution in [2.75, 3.05) is 0 Å². The molecule has 0 fully saturated rings. The fourth-order valence-corrected chi connectivity index (χ4v) is 1.42. The molecule has 2 aromatic rings. The quantitative estimate of drug-likeness (QED) is 0.841. The fraction of sp³-hybridized carbons (Fsp3) is 0.167. The number of aromatic nitrogens is 1. The Morgan fingerprint density at radius 3 is 2.94 bits per heavy atom. The number of nitriles is 1. The van der Waals surface area contributed by atoms with Crippen LogP contribution in [0.4, 0.5) is 0 Å². The molecular formula is C12H11N3O. The minimum Gasteiger partial charge on any atom is -0.364 e. The molecule has 1 aromatic heterocycles. The zero-order valence-corrected chi connectivity index (χ0v) is 8.68. The van der Waals surface area contributed by atoms with Gasteiger partial charge in [0, 0.05) is 18.7 Å². The Morgan fingerprint density at radius 2 is 2.19 bits per heavy atom. The number of nitrogens with one attached hydrogen (secondary N) is 1. The Kier molecular flexibility index (Phi) is 3.31. The van der Waals surface area contributed by atoms with Crippen LogP contribution in [0.3, 0.4) is 0 Å². The van der Waals surface area contributed by atoms with Gasteiger partial charge in [-0.1, -0.05) is 17.3 Å². The molecule has 1 aromatic carbocycles. The van der Waals surface area contributed by atoms with Crippen molar-refractivity contribution in [1.82, 2.24) is 10.5 Å². The van der Waals surface area contributed by atoms with Crippen LogP contribution in [0.5, 0.6) is 0 Å². The van der Waals surface area contributed by atoms with Gasteiger partial charge in [0.2, 0.25) is 0 Å². The van der Waals surface area contributed by atoms with Gasteiger partial charge in [0.05, 0.1) is 17.8 Å². The molecule has 2 rings (SSSR count). The molecule has 0 aliphatic heterocycles. The molecule has 0 aliphatic rings. The van der Waals surface area contributed by atoms with E-state index in [2.05, 4.69) is 16.5 Å². The van der Waals surface area contributed by atoms with Gasteiger partial charge in [-0.15, -0.1) is 0 Å². The van der Waals surface area contributed by atoms with E-state index in [-0.39, 0.29) is 0 Å². The van der Waals surface area contributed by atoms with Gasteiger partial charge >= 0.3 is 0 Å². The first-order valence-corrected chi connectivity index (χ1v) is 4.96. The summed E-state index contributed by atoms with van der Waals surface area (Å²) in [6.07, 6.45) is 3.29. The Hall–Kier alpha value is -2.12. The molecule has 0 bridgehead atoms. The Bertz CT molecular complexity index is 485. The third-order valence-corrected chi connectivity index (χ3v) is 2.20. The average Bonchev–Trinajstić information content (AvgIpc) is 2.82. The molecule has 0 saturated heterocycles. The Labute approximate surface area is 93.5 Å². The van der Waals surface area contributed by atoms with Crippen LogP contribution in [-0.4, -0.2) is 5.16 Å². The lowest BCUT2D eigenvalue weighted by molar-refractivity contribution is 0.418. The lowest BCUT2D eigenvalue weighted by Gasteiger charge is -2.02. The number of benzene rings is 1. The van der Waals surface area contributed by atoms with E-state index < -0.39 is 0 Å². The molecule has 1 heterocycles. The third kappa shape index (κ3) is 2.69. The van der Waals surface area contributed by atoms with Crippen molar-refractivity contribution < 1.29 is 4.52 Å². The van der Waals surface area contributed by atoms with Crippen LogP contribution in [-0.2, 0) is 13.1 Å². The molecular weight excluding hydrogens is 202 g/mol. The Morgan fingerprint density at radius 1 is 1.31 bits per heavy atom. The van der Waals surface area contributed by atoms with Gasteiger partial charge in [0.1, 0.15) is 6.26 Å². The lowest BCUT2D eigenvalue weighted by Crippen LogP contribution is -2.12. The third-order valence-electron chi connectivity index (χ3n) is 2.20. The second-order valence-electron chi connectivity index (χ2n) is 3.45. The van der Waals surface area contributed by atoms with Crippen LogP contribution >= 0.6 is 0 Å². The normalized spacial score (nSPS) is 9.94.